The highest BCUT2D eigenvalue weighted by atomic mass is 16.6. The summed E-state index contributed by atoms with van der Waals surface area (Å²) in [6.45, 7) is 6.37. The van der Waals surface area contributed by atoms with Gasteiger partial charge >= 0.3 is 5.97 Å². The molecule has 1 saturated heterocycles. The van der Waals surface area contributed by atoms with Crippen molar-refractivity contribution in [3.63, 3.8) is 0 Å². The highest BCUT2D eigenvalue weighted by Gasteiger charge is 2.65. The van der Waals surface area contributed by atoms with Crippen LogP contribution in [-0.2, 0) is 14.9 Å². The Balaban J connectivity index is 1.80. The summed E-state index contributed by atoms with van der Waals surface area (Å²) in [4.78, 5) is 17.0. The van der Waals surface area contributed by atoms with Crippen LogP contribution in [0.1, 0.15) is 38.3 Å². The molecule has 2 atom stereocenters. The van der Waals surface area contributed by atoms with Crippen molar-refractivity contribution in [2.45, 2.75) is 44.4 Å². The van der Waals surface area contributed by atoms with Crippen LogP contribution in [0.3, 0.4) is 0 Å². The summed E-state index contributed by atoms with van der Waals surface area (Å²) in [7, 11) is 4.06. The van der Waals surface area contributed by atoms with Gasteiger partial charge in [-0.05, 0) is 55.7 Å². The van der Waals surface area contributed by atoms with E-state index in [4.69, 9.17) is 4.74 Å². The predicted molar refractivity (Wildman–Crippen MR) is 115 cm³/mol. The third-order valence-electron chi connectivity index (χ3n) is 6.23. The van der Waals surface area contributed by atoms with Gasteiger partial charge < -0.3 is 14.5 Å². The maximum absolute atomic E-state index is 12.7. The highest BCUT2D eigenvalue weighted by Crippen LogP contribution is 2.57. The average molecular weight is 377 g/mol. The van der Waals surface area contributed by atoms with Gasteiger partial charge in [-0.25, -0.2) is 4.79 Å². The Bertz CT molecular complexity index is 930. The molecule has 0 saturated carbocycles. The van der Waals surface area contributed by atoms with Gasteiger partial charge in [-0.15, -0.1) is 0 Å². The van der Waals surface area contributed by atoms with Crippen LogP contribution in [0, 0.1) is 0 Å². The zero-order valence-electron chi connectivity index (χ0n) is 17.3. The Morgan fingerprint density at radius 3 is 2.43 bits per heavy atom. The zero-order valence-corrected chi connectivity index (χ0v) is 17.3. The van der Waals surface area contributed by atoms with E-state index in [1.807, 2.05) is 27.1 Å². The molecule has 1 fully saturated rings. The molecule has 146 valence electrons. The van der Waals surface area contributed by atoms with Crippen LogP contribution in [0.4, 0.5) is 11.4 Å². The SMILES string of the molecule is CCC1C(=O)OC2(C=Cc3ccc(N(C)C)cc3)N1c1ccccc1C2(C)C. The van der Waals surface area contributed by atoms with E-state index in [9.17, 15) is 4.79 Å². The third-order valence-corrected chi connectivity index (χ3v) is 6.23. The van der Waals surface area contributed by atoms with Gasteiger partial charge in [0.25, 0.3) is 0 Å². The van der Waals surface area contributed by atoms with Gasteiger partial charge in [0.2, 0.25) is 5.72 Å². The molecule has 4 rings (SSSR count). The van der Waals surface area contributed by atoms with Gasteiger partial charge in [0.05, 0.1) is 5.41 Å². The molecule has 2 aromatic rings. The molecule has 4 heteroatoms. The Labute approximate surface area is 167 Å². The van der Waals surface area contributed by atoms with Crippen molar-refractivity contribution >= 4 is 23.4 Å². The summed E-state index contributed by atoms with van der Waals surface area (Å²) in [5.74, 6) is -0.141. The number of para-hydroxylation sites is 1. The van der Waals surface area contributed by atoms with Gasteiger partial charge in [-0.3, -0.25) is 0 Å². The molecule has 28 heavy (non-hydrogen) atoms. The molecule has 0 amide bonds. The predicted octanol–water partition coefficient (Wildman–Crippen LogP) is 4.60. The van der Waals surface area contributed by atoms with Gasteiger partial charge in [-0.2, -0.15) is 0 Å². The van der Waals surface area contributed by atoms with Crippen molar-refractivity contribution in [3.05, 3.63) is 65.7 Å². The highest BCUT2D eigenvalue weighted by molar-refractivity contribution is 5.89. The first-order chi connectivity index (χ1) is 13.3. The van der Waals surface area contributed by atoms with Crippen LogP contribution < -0.4 is 9.80 Å². The van der Waals surface area contributed by atoms with Gasteiger partial charge in [0.15, 0.2) is 0 Å². The van der Waals surface area contributed by atoms with E-state index in [1.54, 1.807) is 0 Å². The van der Waals surface area contributed by atoms with E-state index >= 15 is 0 Å². The fourth-order valence-electron chi connectivity index (χ4n) is 4.55. The molecule has 2 aliphatic rings. The molecule has 0 bridgehead atoms. The van der Waals surface area contributed by atoms with Crippen LogP contribution in [-0.4, -0.2) is 31.8 Å². The summed E-state index contributed by atoms with van der Waals surface area (Å²) >= 11 is 0. The first-order valence-electron chi connectivity index (χ1n) is 9.90. The normalized spacial score (nSPS) is 25.0. The Morgan fingerprint density at radius 2 is 1.79 bits per heavy atom. The van der Waals surface area contributed by atoms with E-state index in [0.29, 0.717) is 0 Å². The lowest BCUT2D eigenvalue weighted by molar-refractivity contribution is -0.149. The van der Waals surface area contributed by atoms with E-state index in [2.05, 4.69) is 78.3 Å². The van der Waals surface area contributed by atoms with Gasteiger partial charge in [0.1, 0.15) is 6.04 Å². The van der Waals surface area contributed by atoms with Crippen molar-refractivity contribution in [1.29, 1.82) is 0 Å². The summed E-state index contributed by atoms with van der Waals surface area (Å²) in [5.41, 5.74) is 3.38. The first-order valence-corrected chi connectivity index (χ1v) is 9.90. The van der Waals surface area contributed by atoms with E-state index in [1.165, 1.54) is 5.56 Å². The van der Waals surface area contributed by atoms with Crippen LogP contribution in [0.25, 0.3) is 6.08 Å². The van der Waals surface area contributed by atoms with Gasteiger partial charge in [-0.1, -0.05) is 43.3 Å². The second kappa shape index (κ2) is 6.40. The largest absolute Gasteiger partial charge is 0.433 e. The third kappa shape index (κ3) is 2.47. The molecule has 2 aromatic carbocycles. The molecular formula is C24H28N2O2. The lowest BCUT2D eigenvalue weighted by Crippen LogP contribution is -2.53. The minimum absolute atomic E-state index is 0.141. The zero-order chi connectivity index (χ0) is 20.1. The minimum Gasteiger partial charge on any atom is -0.433 e. The van der Waals surface area contributed by atoms with Crippen LogP contribution in [0.2, 0.25) is 0 Å². The lowest BCUT2D eigenvalue weighted by Gasteiger charge is -2.39. The van der Waals surface area contributed by atoms with Crippen molar-refractivity contribution < 1.29 is 9.53 Å². The fraction of sp³-hybridized carbons (Fsp3) is 0.375. The topological polar surface area (TPSA) is 32.8 Å². The second-order valence-electron chi connectivity index (χ2n) is 8.37. The van der Waals surface area contributed by atoms with Gasteiger partial charge in [0, 0.05) is 25.5 Å². The second-order valence-corrected chi connectivity index (χ2v) is 8.37. The number of hydrogen-bond donors (Lipinski definition) is 0. The Morgan fingerprint density at radius 1 is 1.11 bits per heavy atom. The summed E-state index contributed by atoms with van der Waals surface area (Å²) in [6.07, 6.45) is 4.87. The van der Waals surface area contributed by atoms with E-state index < -0.39 is 5.72 Å². The number of ether oxygens (including phenoxy) is 1. The average Bonchev–Trinajstić information content (AvgIpc) is 3.08. The summed E-state index contributed by atoms with van der Waals surface area (Å²) in [6, 6.07) is 16.5. The van der Waals surface area contributed by atoms with Crippen LogP contribution in [0.5, 0.6) is 0 Å². The van der Waals surface area contributed by atoms with Crippen molar-refractivity contribution in [3.8, 4) is 0 Å². The first kappa shape index (κ1) is 18.6. The number of esters is 1. The van der Waals surface area contributed by atoms with Crippen LogP contribution in [0.15, 0.2) is 54.6 Å². The van der Waals surface area contributed by atoms with Crippen molar-refractivity contribution in [2.24, 2.45) is 0 Å². The fourth-order valence-corrected chi connectivity index (χ4v) is 4.55. The lowest BCUT2D eigenvalue weighted by atomic mass is 9.77. The number of carbonyl (C=O) groups is 1. The number of fused-ring (bicyclic) bond motifs is 3. The maximum Gasteiger partial charge on any atom is 0.331 e. The number of benzene rings is 2. The Kier molecular flexibility index (Phi) is 4.25. The number of anilines is 2. The van der Waals surface area contributed by atoms with Crippen molar-refractivity contribution in [1.82, 2.24) is 0 Å². The van der Waals surface area contributed by atoms with E-state index in [-0.39, 0.29) is 17.4 Å². The standard InChI is InChI=1S/C24H28N2O2/c1-6-20-22(27)28-24(16-15-17-11-13-18(14-12-17)25(4)5)23(2,3)19-9-7-8-10-21(19)26(20)24/h7-16,20H,6H2,1-5H3. The molecule has 0 spiro atoms. The molecule has 0 radical (unpaired) electrons. The molecule has 2 heterocycles. The minimum atomic E-state index is -0.811. The number of carbonyl (C=O) groups excluding carboxylic acids is 1. The molecule has 0 N–H and O–H groups in total. The monoisotopic (exact) mass is 376 g/mol. The maximum atomic E-state index is 12.7. The number of hydrogen-bond acceptors (Lipinski definition) is 4. The molecular weight excluding hydrogens is 348 g/mol. The quantitative estimate of drug-likeness (QED) is 0.731. The molecule has 0 aromatic heterocycles. The van der Waals surface area contributed by atoms with Crippen LogP contribution >= 0.6 is 0 Å². The van der Waals surface area contributed by atoms with E-state index in [0.717, 1.165) is 23.4 Å². The number of rotatable bonds is 4. The Hall–Kier alpha value is -2.75. The smallest absolute Gasteiger partial charge is 0.331 e. The summed E-state index contributed by atoms with van der Waals surface area (Å²) in [5, 5.41) is 0. The molecule has 4 nitrogen and oxygen atoms in total. The molecule has 2 unspecified atom stereocenters. The molecule has 2 aliphatic heterocycles. The number of nitrogens with zero attached hydrogens (tertiary/aromatic N) is 2. The molecule has 0 aliphatic carbocycles. The van der Waals surface area contributed by atoms with Crippen molar-refractivity contribution in [2.75, 3.05) is 23.9 Å². The summed E-state index contributed by atoms with van der Waals surface area (Å²) < 4.78 is 6.15.